The molecule has 3 rings (SSSR count). The molecule has 0 saturated heterocycles. The predicted octanol–water partition coefficient (Wildman–Crippen LogP) is 6.34. The van der Waals surface area contributed by atoms with Gasteiger partial charge in [-0.3, -0.25) is 0 Å². The lowest BCUT2D eigenvalue weighted by Crippen LogP contribution is -2.22. The molecule has 0 radical (unpaired) electrons. The van der Waals surface area contributed by atoms with E-state index in [-0.39, 0.29) is 7.43 Å². The highest BCUT2D eigenvalue weighted by Crippen LogP contribution is 2.39. The molecule has 0 atom stereocenters. The molecule has 102 valence electrons. The molecule has 0 bridgehead atoms. The first kappa shape index (κ1) is 15.1. The maximum Gasteiger partial charge on any atom is -0.0386 e. The fourth-order valence-electron chi connectivity index (χ4n) is 3.92. The fourth-order valence-corrected chi connectivity index (χ4v) is 3.92. The first-order valence-electron chi connectivity index (χ1n) is 7.97. The van der Waals surface area contributed by atoms with Gasteiger partial charge in [0.1, 0.15) is 0 Å². The predicted molar refractivity (Wildman–Crippen MR) is 78.3 cm³/mol. The van der Waals surface area contributed by atoms with Gasteiger partial charge in [-0.1, -0.05) is 97.3 Å². The van der Waals surface area contributed by atoms with Crippen molar-refractivity contribution in [2.45, 2.75) is 97.3 Å². The zero-order valence-electron chi connectivity index (χ0n) is 11.1. The van der Waals surface area contributed by atoms with Gasteiger partial charge in [0.05, 0.1) is 0 Å². The van der Waals surface area contributed by atoms with Crippen molar-refractivity contribution in [1.82, 2.24) is 0 Å². The summed E-state index contributed by atoms with van der Waals surface area (Å²) in [7, 11) is 0. The zero-order valence-corrected chi connectivity index (χ0v) is 11.1. The average Bonchev–Trinajstić information content (AvgIpc) is 2.42. The number of fused-ring (bicyclic) bond motifs is 1. The van der Waals surface area contributed by atoms with Crippen molar-refractivity contribution in [2.24, 2.45) is 11.8 Å². The van der Waals surface area contributed by atoms with Crippen molar-refractivity contribution in [2.75, 3.05) is 0 Å². The first-order valence-corrected chi connectivity index (χ1v) is 7.97. The molecular weight excluding hydrogens is 204 g/mol. The van der Waals surface area contributed by atoms with E-state index in [1.54, 1.807) is 25.7 Å². The molecule has 0 amide bonds. The second-order valence-corrected chi connectivity index (χ2v) is 6.21. The minimum absolute atomic E-state index is 0. The number of hydrogen-bond donors (Lipinski definition) is 0. The van der Waals surface area contributed by atoms with E-state index in [0.29, 0.717) is 0 Å². The smallest absolute Gasteiger partial charge is 0.0386 e. The van der Waals surface area contributed by atoms with Crippen LogP contribution in [0.4, 0.5) is 0 Å². The minimum Gasteiger partial charge on any atom is -0.0776 e. The Balaban J connectivity index is 0.000000180. The van der Waals surface area contributed by atoms with Crippen molar-refractivity contribution in [3.05, 3.63) is 0 Å². The van der Waals surface area contributed by atoms with E-state index in [1.807, 2.05) is 0 Å². The van der Waals surface area contributed by atoms with E-state index in [9.17, 15) is 0 Å². The summed E-state index contributed by atoms with van der Waals surface area (Å²) in [6.07, 6.45) is 21.4. The molecule has 0 aromatic carbocycles. The van der Waals surface area contributed by atoms with Crippen molar-refractivity contribution in [3.63, 3.8) is 0 Å². The van der Waals surface area contributed by atoms with Crippen LogP contribution in [0.5, 0.6) is 0 Å². The van der Waals surface area contributed by atoms with Gasteiger partial charge in [-0.15, -0.1) is 0 Å². The van der Waals surface area contributed by atoms with E-state index >= 15 is 0 Å². The summed E-state index contributed by atoms with van der Waals surface area (Å²) in [4.78, 5) is 0. The molecule has 0 heteroatoms. The van der Waals surface area contributed by atoms with Gasteiger partial charge in [0.25, 0.3) is 0 Å². The van der Waals surface area contributed by atoms with Gasteiger partial charge in [-0.05, 0) is 11.8 Å². The minimum atomic E-state index is 0. The van der Waals surface area contributed by atoms with Gasteiger partial charge < -0.3 is 0 Å². The third-order valence-corrected chi connectivity index (χ3v) is 4.97. The molecule has 3 fully saturated rings. The second kappa shape index (κ2) is 9.00. The Morgan fingerprint density at radius 1 is 0.353 bits per heavy atom. The molecule has 0 aromatic heterocycles. The van der Waals surface area contributed by atoms with Gasteiger partial charge in [0.15, 0.2) is 0 Å². The molecule has 0 heterocycles. The van der Waals surface area contributed by atoms with Crippen molar-refractivity contribution >= 4 is 0 Å². The largest absolute Gasteiger partial charge is 0.0776 e. The highest BCUT2D eigenvalue weighted by atomic mass is 14.3. The average molecular weight is 238 g/mol. The molecule has 0 unspecified atom stereocenters. The van der Waals surface area contributed by atoms with Crippen molar-refractivity contribution < 1.29 is 0 Å². The highest BCUT2D eigenvalue weighted by molar-refractivity contribution is 4.78. The molecule has 3 aliphatic carbocycles. The standard InChI is InChI=1S/C10H18.C6H12.CH4/c1-2-6-10-8-4-3-7-9(10)5-1;1-2-4-6-5-3-1;/h9-10H,1-8H2;1-6H2;1H4. The molecule has 0 N–H and O–H groups in total. The lowest BCUT2D eigenvalue weighted by molar-refractivity contribution is 0.171. The summed E-state index contributed by atoms with van der Waals surface area (Å²) in [5.74, 6) is 2.31. The van der Waals surface area contributed by atoms with Crippen LogP contribution in [0.15, 0.2) is 0 Å². The maximum atomic E-state index is 1.56. The monoisotopic (exact) mass is 238 g/mol. The summed E-state index contributed by atoms with van der Waals surface area (Å²) in [5, 5.41) is 0. The lowest BCUT2D eigenvalue weighted by Gasteiger charge is -2.35. The van der Waals surface area contributed by atoms with E-state index < -0.39 is 0 Å². The Morgan fingerprint density at radius 2 is 0.588 bits per heavy atom. The molecular formula is C17H34. The molecule has 0 nitrogen and oxygen atoms in total. The summed E-state index contributed by atoms with van der Waals surface area (Å²) < 4.78 is 0. The Bertz CT molecular complexity index is 131. The second-order valence-electron chi connectivity index (χ2n) is 6.21. The van der Waals surface area contributed by atoms with Crippen molar-refractivity contribution in [3.8, 4) is 0 Å². The molecule has 0 aliphatic heterocycles. The van der Waals surface area contributed by atoms with Crippen LogP contribution in [-0.2, 0) is 0 Å². The Hall–Kier alpha value is 0. The SMILES string of the molecule is C.C1CCC2CCCCC2C1.C1CCCCC1. The maximum absolute atomic E-state index is 1.56. The lowest BCUT2D eigenvalue weighted by atomic mass is 9.71. The van der Waals surface area contributed by atoms with Crippen LogP contribution in [0, 0.1) is 11.8 Å². The van der Waals surface area contributed by atoms with E-state index in [1.165, 1.54) is 64.2 Å². The Morgan fingerprint density at radius 3 is 0.824 bits per heavy atom. The van der Waals surface area contributed by atoms with Crippen LogP contribution >= 0.6 is 0 Å². The Kier molecular flexibility index (Phi) is 7.97. The highest BCUT2D eigenvalue weighted by Gasteiger charge is 2.26. The van der Waals surface area contributed by atoms with Crippen LogP contribution in [0.25, 0.3) is 0 Å². The topological polar surface area (TPSA) is 0 Å². The van der Waals surface area contributed by atoms with Crippen molar-refractivity contribution in [1.29, 1.82) is 0 Å². The first-order chi connectivity index (χ1) is 7.97. The third kappa shape index (κ3) is 5.44. The number of hydrogen-bond acceptors (Lipinski definition) is 0. The summed E-state index contributed by atoms with van der Waals surface area (Å²) in [5.41, 5.74) is 0. The van der Waals surface area contributed by atoms with Crippen LogP contribution in [-0.4, -0.2) is 0 Å². The van der Waals surface area contributed by atoms with Gasteiger partial charge in [0, 0.05) is 0 Å². The van der Waals surface area contributed by atoms with E-state index in [0.717, 1.165) is 11.8 Å². The van der Waals surface area contributed by atoms with Crippen LogP contribution in [0.2, 0.25) is 0 Å². The van der Waals surface area contributed by atoms with Gasteiger partial charge in [0.2, 0.25) is 0 Å². The summed E-state index contributed by atoms with van der Waals surface area (Å²) in [6, 6.07) is 0. The molecule has 0 aromatic rings. The van der Waals surface area contributed by atoms with Gasteiger partial charge >= 0.3 is 0 Å². The molecule has 0 spiro atoms. The number of rotatable bonds is 0. The van der Waals surface area contributed by atoms with Gasteiger partial charge in [-0.2, -0.15) is 0 Å². The van der Waals surface area contributed by atoms with E-state index in [4.69, 9.17) is 0 Å². The molecule has 3 aliphatic rings. The van der Waals surface area contributed by atoms with Crippen LogP contribution in [0.1, 0.15) is 97.3 Å². The quantitative estimate of drug-likeness (QED) is 0.461. The summed E-state index contributed by atoms with van der Waals surface area (Å²) >= 11 is 0. The molecule has 17 heavy (non-hydrogen) atoms. The third-order valence-electron chi connectivity index (χ3n) is 4.97. The zero-order chi connectivity index (χ0) is 11.1. The normalized spacial score (nSPS) is 32.5. The summed E-state index contributed by atoms with van der Waals surface area (Å²) in [6.45, 7) is 0. The van der Waals surface area contributed by atoms with Gasteiger partial charge in [-0.25, -0.2) is 0 Å². The molecule has 3 saturated carbocycles. The fraction of sp³-hybridized carbons (Fsp3) is 1.00. The van der Waals surface area contributed by atoms with Crippen LogP contribution in [0.3, 0.4) is 0 Å². The Labute approximate surface area is 110 Å². The van der Waals surface area contributed by atoms with Crippen LogP contribution < -0.4 is 0 Å². The van der Waals surface area contributed by atoms with E-state index in [2.05, 4.69) is 0 Å².